The molecule has 2 amide bonds. The monoisotopic (exact) mass is 328 g/mol. The van der Waals surface area contributed by atoms with Crippen molar-refractivity contribution in [3.8, 4) is 5.75 Å². The molecule has 1 aliphatic rings. The van der Waals surface area contributed by atoms with Crippen LogP contribution in [0.5, 0.6) is 5.75 Å². The number of nitrogens with one attached hydrogen (secondary N) is 2. The minimum Gasteiger partial charge on any atom is -0.497 e. The highest BCUT2D eigenvalue weighted by Gasteiger charge is 2.31. The molecular formula is C17H20N4O3. The maximum atomic E-state index is 12.0. The fourth-order valence-corrected chi connectivity index (χ4v) is 2.49. The van der Waals surface area contributed by atoms with Crippen LogP contribution < -0.4 is 15.4 Å². The number of urea groups is 1. The van der Waals surface area contributed by atoms with Crippen LogP contribution in [-0.2, 0) is 0 Å². The van der Waals surface area contributed by atoms with Crippen LogP contribution in [0.3, 0.4) is 0 Å². The minimum atomic E-state index is -0.235. The van der Waals surface area contributed by atoms with Gasteiger partial charge in [0.25, 0.3) is 0 Å². The zero-order valence-electron chi connectivity index (χ0n) is 13.4. The molecule has 3 N–H and O–H groups in total. The van der Waals surface area contributed by atoms with Gasteiger partial charge in [-0.2, -0.15) is 0 Å². The van der Waals surface area contributed by atoms with Crippen LogP contribution >= 0.6 is 0 Å². The Labute approximate surface area is 140 Å². The number of aliphatic hydroxyl groups excluding tert-OH is 1. The largest absolute Gasteiger partial charge is 0.497 e. The van der Waals surface area contributed by atoms with E-state index in [4.69, 9.17) is 9.84 Å². The summed E-state index contributed by atoms with van der Waals surface area (Å²) in [6.45, 7) is 0.650. The smallest absolute Gasteiger partial charge is 0.323 e. The zero-order chi connectivity index (χ0) is 16.9. The van der Waals surface area contributed by atoms with Gasteiger partial charge in [-0.15, -0.1) is 0 Å². The zero-order valence-corrected chi connectivity index (χ0v) is 13.4. The number of ether oxygens (including phenoxy) is 1. The molecule has 24 heavy (non-hydrogen) atoms. The van der Waals surface area contributed by atoms with Gasteiger partial charge in [0.15, 0.2) is 0 Å². The normalized spacial score (nSPS) is 16.2. The van der Waals surface area contributed by atoms with Gasteiger partial charge < -0.3 is 20.1 Å². The number of rotatable bonds is 5. The van der Waals surface area contributed by atoms with Crippen molar-refractivity contribution in [3.05, 3.63) is 42.6 Å². The number of likely N-dealkylation sites (tertiary alicyclic amines) is 1. The topological polar surface area (TPSA) is 86.7 Å². The molecule has 0 saturated carbocycles. The number of hydrogen-bond acceptors (Lipinski definition) is 5. The number of amides is 2. The summed E-state index contributed by atoms with van der Waals surface area (Å²) >= 11 is 0. The maximum absolute atomic E-state index is 12.0. The molecule has 0 spiro atoms. The molecule has 1 aromatic carbocycles. The Morgan fingerprint density at radius 1 is 1.38 bits per heavy atom. The van der Waals surface area contributed by atoms with Gasteiger partial charge in [-0.25, -0.2) is 9.78 Å². The number of anilines is 3. The minimum absolute atomic E-state index is 0.00968. The lowest BCUT2D eigenvalue weighted by molar-refractivity contribution is 0.0770. The predicted molar refractivity (Wildman–Crippen MR) is 91.7 cm³/mol. The lowest BCUT2D eigenvalue weighted by Crippen LogP contribution is -2.54. The number of carbonyl (C=O) groups excluding carboxylic acids is 1. The van der Waals surface area contributed by atoms with Crippen molar-refractivity contribution in [3.63, 3.8) is 0 Å². The van der Waals surface area contributed by atoms with Crippen molar-refractivity contribution in [2.24, 2.45) is 0 Å². The van der Waals surface area contributed by atoms with Gasteiger partial charge in [0, 0.05) is 18.3 Å². The molecule has 1 fully saturated rings. The molecule has 126 valence electrons. The molecule has 0 bridgehead atoms. The molecule has 0 aliphatic carbocycles. The molecule has 2 heterocycles. The first-order chi connectivity index (χ1) is 11.7. The molecule has 3 rings (SSSR count). The first kappa shape index (κ1) is 16.1. The molecule has 2 aromatic rings. The fraction of sp³-hybridized carbons (Fsp3) is 0.294. The van der Waals surface area contributed by atoms with E-state index in [1.165, 1.54) is 0 Å². The van der Waals surface area contributed by atoms with Crippen LogP contribution in [0.25, 0.3) is 0 Å². The number of pyridine rings is 1. The SMILES string of the molecule is COc1cccc(Nc2ccc(NC(=O)N3CCC3CO)nc2)c1. The van der Waals surface area contributed by atoms with Gasteiger partial charge in [-0.1, -0.05) is 6.07 Å². The highest BCUT2D eigenvalue weighted by molar-refractivity contribution is 5.89. The number of benzene rings is 1. The predicted octanol–water partition coefficient (Wildman–Crippen LogP) is 2.43. The number of carbonyl (C=O) groups is 1. The Hall–Kier alpha value is -2.80. The molecular weight excluding hydrogens is 308 g/mol. The summed E-state index contributed by atoms with van der Waals surface area (Å²) in [5, 5.41) is 15.1. The van der Waals surface area contributed by atoms with Crippen molar-refractivity contribution in [2.75, 3.05) is 30.9 Å². The summed E-state index contributed by atoms with van der Waals surface area (Å²) in [4.78, 5) is 17.9. The standard InChI is InChI=1S/C17H20N4O3/c1-24-15-4-2-3-12(9-15)19-13-5-6-16(18-10-13)20-17(23)21-8-7-14(21)11-22/h2-6,9-10,14,19,22H,7-8,11H2,1H3,(H,18,20,23). The summed E-state index contributed by atoms with van der Waals surface area (Å²) in [6.07, 6.45) is 2.48. The molecule has 1 saturated heterocycles. The van der Waals surface area contributed by atoms with E-state index in [1.807, 2.05) is 30.3 Å². The fourth-order valence-electron chi connectivity index (χ4n) is 2.49. The van der Waals surface area contributed by atoms with Crippen molar-refractivity contribution in [2.45, 2.75) is 12.5 Å². The van der Waals surface area contributed by atoms with Crippen LogP contribution in [-0.4, -0.2) is 47.3 Å². The third-order valence-corrected chi connectivity index (χ3v) is 3.97. The average molecular weight is 328 g/mol. The third-order valence-electron chi connectivity index (χ3n) is 3.97. The van der Waals surface area contributed by atoms with E-state index in [1.54, 1.807) is 24.3 Å². The first-order valence-electron chi connectivity index (χ1n) is 7.75. The quantitative estimate of drug-likeness (QED) is 0.785. The van der Waals surface area contributed by atoms with Crippen molar-refractivity contribution in [1.29, 1.82) is 0 Å². The van der Waals surface area contributed by atoms with E-state index in [0.717, 1.165) is 23.5 Å². The van der Waals surface area contributed by atoms with Crippen LogP contribution in [0.4, 0.5) is 22.0 Å². The van der Waals surface area contributed by atoms with Gasteiger partial charge in [-0.05, 0) is 30.7 Å². The second kappa shape index (κ2) is 7.18. The lowest BCUT2D eigenvalue weighted by atomic mass is 10.1. The highest BCUT2D eigenvalue weighted by atomic mass is 16.5. The Balaban J connectivity index is 1.60. The Bertz CT molecular complexity index is 703. The van der Waals surface area contributed by atoms with Gasteiger partial charge in [0.1, 0.15) is 11.6 Å². The van der Waals surface area contributed by atoms with Gasteiger partial charge in [-0.3, -0.25) is 5.32 Å². The molecule has 1 atom stereocenters. The Morgan fingerprint density at radius 3 is 2.88 bits per heavy atom. The average Bonchev–Trinajstić information content (AvgIpc) is 2.56. The van der Waals surface area contributed by atoms with E-state index in [9.17, 15) is 4.79 Å². The van der Waals surface area contributed by atoms with E-state index < -0.39 is 0 Å². The van der Waals surface area contributed by atoms with Crippen molar-refractivity contribution in [1.82, 2.24) is 9.88 Å². The van der Waals surface area contributed by atoms with Gasteiger partial charge >= 0.3 is 6.03 Å². The highest BCUT2D eigenvalue weighted by Crippen LogP contribution is 2.22. The summed E-state index contributed by atoms with van der Waals surface area (Å²) in [6, 6.07) is 10.8. The van der Waals surface area contributed by atoms with E-state index in [0.29, 0.717) is 12.4 Å². The summed E-state index contributed by atoms with van der Waals surface area (Å²) < 4.78 is 5.19. The molecule has 1 aromatic heterocycles. The number of aromatic nitrogens is 1. The van der Waals surface area contributed by atoms with Gasteiger partial charge in [0.2, 0.25) is 0 Å². The van der Waals surface area contributed by atoms with E-state index in [2.05, 4.69) is 15.6 Å². The molecule has 0 radical (unpaired) electrons. The van der Waals surface area contributed by atoms with Crippen molar-refractivity contribution < 1.29 is 14.6 Å². The second-order valence-electron chi connectivity index (χ2n) is 5.54. The lowest BCUT2D eigenvalue weighted by Gasteiger charge is -2.39. The van der Waals surface area contributed by atoms with Crippen LogP contribution in [0.15, 0.2) is 42.6 Å². The molecule has 7 nitrogen and oxygen atoms in total. The summed E-state index contributed by atoms with van der Waals surface area (Å²) in [5.74, 6) is 1.24. The third kappa shape index (κ3) is 3.57. The van der Waals surface area contributed by atoms with Crippen LogP contribution in [0.1, 0.15) is 6.42 Å². The number of nitrogens with zero attached hydrogens (tertiary/aromatic N) is 2. The van der Waals surface area contributed by atoms with Crippen molar-refractivity contribution >= 4 is 23.2 Å². The molecule has 1 aliphatic heterocycles. The Kier molecular flexibility index (Phi) is 4.81. The van der Waals surface area contributed by atoms with Crippen LogP contribution in [0.2, 0.25) is 0 Å². The Morgan fingerprint density at radius 2 is 2.25 bits per heavy atom. The maximum Gasteiger partial charge on any atom is 0.323 e. The molecule has 7 heteroatoms. The number of methoxy groups -OCH3 is 1. The number of aliphatic hydroxyl groups is 1. The summed E-state index contributed by atoms with van der Waals surface area (Å²) in [5.41, 5.74) is 1.69. The van der Waals surface area contributed by atoms with Crippen LogP contribution in [0, 0.1) is 0 Å². The van der Waals surface area contributed by atoms with E-state index >= 15 is 0 Å². The first-order valence-corrected chi connectivity index (χ1v) is 7.75. The number of hydrogen-bond donors (Lipinski definition) is 3. The summed E-state index contributed by atoms with van der Waals surface area (Å²) in [7, 11) is 1.62. The second-order valence-corrected chi connectivity index (χ2v) is 5.54. The van der Waals surface area contributed by atoms with E-state index in [-0.39, 0.29) is 18.7 Å². The molecule has 1 unspecified atom stereocenters. The van der Waals surface area contributed by atoms with Gasteiger partial charge in [0.05, 0.1) is 31.6 Å².